The zero-order chi connectivity index (χ0) is 21.1. The maximum atomic E-state index is 12.6. The van der Waals surface area contributed by atoms with Crippen LogP contribution in [-0.2, 0) is 4.79 Å². The third kappa shape index (κ3) is 4.01. The number of hydrogen-bond donors (Lipinski definition) is 0. The van der Waals surface area contributed by atoms with Gasteiger partial charge in [0.05, 0.1) is 19.8 Å². The van der Waals surface area contributed by atoms with Gasteiger partial charge in [-0.1, -0.05) is 42.4 Å². The number of benzene rings is 2. The van der Waals surface area contributed by atoms with E-state index in [4.69, 9.17) is 14.0 Å². The molecule has 3 aromatic rings. The smallest absolute Gasteiger partial charge is 0.261 e. The quantitative estimate of drug-likeness (QED) is 0.592. The summed E-state index contributed by atoms with van der Waals surface area (Å²) >= 11 is 0. The number of ether oxygens (including phenoxy) is 2. The molecule has 4 rings (SSSR count). The highest BCUT2D eigenvalue weighted by Gasteiger charge is 2.34. The number of likely N-dealkylation sites (tertiary alicyclic amines) is 1. The SMILES string of the molecule is COc1ccc(-c2nc(C3CC(=O)N(CC(C)c4ccccc4)C3)no2)c(OC)c1. The fraction of sp³-hybridized carbons (Fsp3) is 0.348. The van der Waals surface area contributed by atoms with Crippen molar-refractivity contribution in [2.45, 2.75) is 25.2 Å². The fourth-order valence-corrected chi connectivity index (χ4v) is 3.82. The van der Waals surface area contributed by atoms with Crippen LogP contribution in [-0.4, -0.2) is 48.3 Å². The average molecular weight is 407 g/mol. The summed E-state index contributed by atoms with van der Waals surface area (Å²) in [4.78, 5) is 19.0. The van der Waals surface area contributed by atoms with Crippen LogP contribution in [0.3, 0.4) is 0 Å². The van der Waals surface area contributed by atoms with E-state index in [9.17, 15) is 4.79 Å². The molecule has 0 bridgehead atoms. The van der Waals surface area contributed by atoms with E-state index in [-0.39, 0.29) is 17.7 Å². The molecule has 30 heavy (non-hydrogen) atoms. The second-order valence-electron chi connectivity index (χ2n) is 7.54. The molecule has 1 aromatic heterocycles. The minimum absolute atomic E-state index is 0.0813. The lowest BCUT2D eigenvalue weighted by Gasteiger charge is -2.21. The first-order valence-electron chi connectivity index (χ1n) is 9.97. The van der Waals surface area contributed by atoms with Crippen LogP contribution in [0.5, 0.6) is 11.5 Å². The highest BCUT2D eigenvalue weighted by Crippen LogP contribution is 2.34. The molecule has 1 aliphatic rings. The molecule has 0 radical (unpaired) electrons. The molecular weight excluding hydrogens is 382 g/mol. The summed E-state index contributed by atoms with van der Waals surface area (Å²) in [6.45, 7) is 3.41. The molecule has 0 N–H and O–H groups in total. The van der Waals surface area contributed by atoms with Gasteiger partial charge in [0.2, 0.25) is 5.91 Å². The number of hydrogen-bond acceptors (Lipinski definition) is 6. The van der Waals surface area contributed by atoms with Crippen molar-refractivity contribution in [1.29, 1.82) is 0 Å². The van der Waals surface area contributed by atoms with Crippen LogP contribution >= 0.6 is 0 Å². The minimum atomic E-state index is -0.0813. The average Bonchev–Trinajstić information content (AvgIpc) is 3.41. The van der Waals surface area contributed by atoms with Crippen LogP contribution in [0, 0.1) is 0 Å². The summed E-state index contributed by atoms with van der Waals surface area (Å²) in [7, 11) is 3.18. The largest absolute Gasteiger partial charge is 0.497 e. The number of nitrogens with zero attached hydrogens (tertiary/aromatic N) is 3. The normalized spacial score (nSPS) is 17.2. The lowest BCUT2D eigenvalue weighted by molar-refractivity contribution is -0.127. The maximum Gasteiger partial charge on any atom is 0.261 e. The van der Waals surface area contributed by atoms with Gasteiger partial charge in [-0.3, -0.25) is 4.79 Å². The molecule has 1 saturated heterocycles. The highest BCUT2D eigenvalue weighted by atomic mass is 16.5. The zero-order valence-electron chi connectivity index (χ0n) is 17.4. The van der Waals surface area contributed by atoms with Crippen LogP contribution in [0.4, 0.5) is 0 Å². The van der Waals surface area contributed by atoms with Crippen LogP contribution < -0.4 is 9.47 Å². The Morgan fingerprint density at radius 3 is 2.70 bits per heavy atom. The first-order valence-corrected chi connectivity index (χ1v) is 9.97. The Morgan fingerprint density at radius 2 is 1.97 bits per heavy atom. The molecule has 1 aliphatic heterocycles. The number of amides is 1. The molecule has 1 fully saturated rings. The van der Waals surface area contributed by atoms with Gasteiger partial charge < -0.3 is 18.9 Å². The molecule has 0 spiro atoms. The summed E-state index contributed by atoms with van der Waals surface area (Å²) < 4.78 is 16.1. The minimum Gasteiger partial charge on any atom is -0.497 e. The predicted octanol–water partition coefficient (Wildman–Crippen LogP) is 3.87. The third-order valence-corrected chi connectivity index (χ3v) is 5.52. The Bertz CT molecular complexity index is 1020. The van der Waals surface area contributed by atoms with E-state index in [1.54, 1.807) is 20.3 Å². The monoisotopic (exact) mass is 407 g/mol. The Morgan fingerprint density at radius 1 is 1.17 bits per heavy atom. The summed E-state index contributed by atoms with van der Waals surface area (Å²) in [5.41, 5.74) is 1.91. The van der Waals surface area contributed by atoms with Crippen LogP contribution in [0.25, 0.3) is 11.5 Å². The van der Waals surface area contributed by atoms with E-state index < -0.39 is 0 Å². The van der Waals surface area contributed by atoms with E-state index in [1.165, 1.54) is 5.56 Å². The van der Waals surface area contributed by atoms with E-state index >= 15 is 0 Å². The second kappa shape index (κ2) is 8.57. The van der Waals surface area contributed by atoms with E-state index in [2.05, 4.69) is 29.2 Å². The molecule has 0 aliphatic carbocycles. The number of aromatic nitrogens is 2. The van der Waals surface area contributed by atoms with Gasteiger partial charge in [-0.2, -0.15) is 4.98 Å². The van der Waals surface area contributed by atoms with Crippen molar-refractivity contribution in [2.24, 2.45) is 0 Å². The van der Waals surface area contributed by atoms with Crippen LogP contribution in [0.1, 0.15) is 36.6 Å². The van der Waals surface area contributed by atoms with Crippen molar-refractivity contribution in [1.82, 2.24) is 15.0 Å². The fourth-order valence-electron chi connectivity index (χ4n) is 3.82. The van der Waals surface area contributed by atoms with Crippen molar-refractivity contribution in [2.75, 3.05) is 27.3 Å². The first-order chi connectivity index (χ1) is 14.6. The Balaban J connectivity index is 1.47. The topological polar surface area (TPSA) is 77.7 Å². The van der Waals surface area contributed by atoms with Gasteiger partial charge in [-0.15, -0.1) is 0 Å². The number of methoxy groups -OCH3 is 2. The van der Waals surface area contributed by atoms with Crippen molar-refractivity contribution in [3.05, 3.63) is 59.9 Å². The zero-order valence-corrected chi connectivity index (χ0v) is 17.4. The van der Waals surface area contributed by atoms with Crippen LogP contribution in [0.15, 0.2) is 53.1 Å². The van der Waals surface area contributed by atoms with E-state index in [0.717, 1.165) is 0 Å². The van der Waals surface area contributed by atoms with Gasteiger partial charge in [0.1, 0.15) is 11.5 Å². The van der Waals surface area contributed by atoms with Crippen molar-refractivity contribution in [3.8, 4) is 23.0 Å². The molecule has 2 atom stereocenters. The molecule has 2 heterocycles. The summed E-state index contributed by atoms with van der Waals surface area (Å²) in [5.74, 6) is 2.49. The van der Waals surface area contributed by atoms with Gasteiger partial charge in [0, 0.05) is 31.5 Å². The summed E-state index contributed by atoms with van der Waals surface area (Å²) in [6, 6.07) is 15.6. The molecule has 2 aromatic carbocycles. The molecule has 156 valence electrons. The van der Waals surface area contributed by atoms with E-state index in [1.807, 2.05) is 35.2 Å². The third-order valence-electron chi connectivity index (χ3n) is 5.52. The number of rotatable bonds is 7. The maximum absolute atomic E-state index is 12.6. The lowest BCUT2D eigenvalue weighted by Crippen LogP contribution is -2.29. The predicted molar refractivity (Wildman–Crippen MR) is 112 cm³/mol. The van der Waals surface area contributed by atoms with Crippen molar-refractivity contribution in [3.63, 3.8) is 0 Å². The highest BCUT2D eigenvalue weighted by molar-refractivity contribution is 5.79. The standard InChI is InChI=1S/C23H25N3O4/c1-15(16-7-5-4-6-8-16)13-26-14-17(11-21(26)27)22-24-23(30-25-22)19-10-9-18(28-2)12-20(19)29-3/h4-10,12,15,17H,11,13-14H2,1-3H3. The van der Waals surface area contributed by atoms with Crippen molar-refractivity contribution < 1.29 is 18.8 Å². The van der Waals surface area contributed by atoms with Gasteiger partial charge in [0.15, 0.2) is 5.82 Å². The Hall–Kier alpha value is -3.35. The number of carbonyl (C=O) groups excluding carboxylic acids is 1. The Labute approximate surface area is 175 Å². The van der Waals surface area contributed by atoms with E-state index in [0.29, 0.717) is 48.3 Å². The van der Waals surface area contributed by atoms with Crippen molar-refractivity contribution >= 4 is 5.91 Å². The Kier molecular flexibility index (Phi) is 5.70. The lowest BCUT2D eigenvalue weighted by atomic mass is 10.0. The molecule has 0 saturated carbocycles. The van der Waals surface area contributed by atoms with Crippen LogP contribution in [0.2, 0.25) is 0 Å². The van der Waals surface area contributed by atoms with Gasteiger partial charge in [0.25, 0.3) is 5.89 Å². The molecular formula is C23H25N3O4. The second-order valence-corrected chi connectivity index (χ2v) is 7.54. The molecule has 1 amide bonds. The summed E-state index contributed by atoms with van der Waals surface area (Å²) in [5, 5.41) is 4.15. The number of carbonyl (C=O) groups is 1. The van der Waals surface area contributed by atoms with Gasteiger partial charge in [-0.05, 0) is 23.6 Å². The van der Waals surface area contributed by atoms with Gasteiger partial charge in [-0.25, -0.2) is 0 Å². The molecule has 2 unspecified atom stereocenters. The summed E-state index contributed by atoms with van der Waals surface area (Å²) in [6.07, 6.45) is 0.389. The molecule has 7 heteroatoms. The first kappa shape index (κ1) is 19.9. The van der Waals surface area contributed by atoms with Gasteiger partial charge >= 0.3 is 0 Å². The molecule has 7 nitrogen and oxygen atoms in total.